The lowest BCUT2D eigenvalue weighted by Crippen LogP contribution is -2.43. The third-order valence-electron chi connectivity index (χ3n) is 3.29. The van der Waals surface area contributed by atoms with Crippen molar-refractivity contribution in [3.63, 3.8) is 0 Å². The Bertz CT molecular complexity index is 652. The van der Waals surface area contributed by atoms with Crippen LogP contribution in [0, 0.1) is 5.92 Å². The summed E-state index contributed by atoms with van der Waals surface area (Å²) in [5.41, 5.74) is -0.586. The van der Waals surface area contributed by atoms with Gasteiger partial charge in [-0.1, -0.05) is 17.7 Å². The SMILES string of the molecule is CC(C)(C)OC(=O)N(C(=O)c1cccc(Cl)c1)C1CC1C(=O)O. The standard InChI is InChI=1S/C16H18ClNO5/c1-16(2,3)23-15(22)18(12-8-11(12)14(20)21)13(19)9-5-4-6-10(17)7-9/h4-7,11-12H,8H2,1-3H3,(H,20,21). The minimum Gasteiger partial charge on any atom is -0.481 e. The molecule has 124 valence electrons. The fourth-order valence-corrected chi connectivity index (χ4v) is 2.36. The van der Waals surface area contributed by atoms with E-state index in [0.29, 0.717) is 5.02 Å². The van der Waals surface area contributed by atoms with E-state index in [1.54, 1.807) is 32.9 Å². The molecule has 1 aromatic rings. The Kier molecular flexibility index (Phi) is 4.66. The average molecular weight is 340 g/mol. The van der Waals surface area contributed by atoms with Crippen LogP contribution in [0.3, 0.4) is 0 Å². The largest absolute Gasteiger partial charge is 0.481 e. The van der Waals surface area contributed by atoms with Gasteiger partial charge in [-0.15, -0.1) is 0 Å². The van der Waals surface area contributed by atoms with E-state index >= 15 is 0 Å². The molecule has 2 rings (SSSR count). The number of carboxylic acids is 1. The van der Waals surface area contributed by atoms with Gasteiger partial charge in [0.05, 0.1) is 12.0 Å². The smallest absolute Gasteiger partial charge is 0.417 e. The van der Waals surface area contributed by atoms with Crippen LogP contribution < -0.4 is 0 Å². The Morgan fingerprint density at radius 1 is 1.30 bits per heavy atom. The highest BCUT2D eigenvalue weighted by atomic mass is 35.5. The van der Waals surface area contributed by atoms with E-state index in [1.165, 1.54) is 12.1 Å². The number of benzene rings is 1. The van der Waals surface area contributed by atoms with Gasteiger partial charge >= 0.3 is 12.1 Å². The molecule has 1 aliphatic rings. The van der Waals surface area contributed by atoms with E-state index < -0.39 is 35.5 Å². The van der Waals surface area contributed by atoms with E-state index in [1.807, 2.05) is 0 Å². The Labute approximate surface area is 139 Å². The Hall–Kier alpha value is -2.08. The van der Waals surface area contributed by atoms with Crippen LogP contribution in [0.4, 0.5) is 4.79 Å². The summed E-state index contributed by atoms with van der Waals surface area (Å²) in [7, 11) is 0. The Balaban J connectivity index is 2.28. The van der Waals surface area contributed by atoms with Crippen molar-refractivity contribution >= 4 is 29.6 Å². The van der Waals surface area contributed by atoms with E-state index in [9.17, 15) is 14.4 Å². The zero-order chi connectivity index (χ0) is 17.4. The first-order valence-corrected chi connectivity index (χ1v) is 7.53. The number of carbonyl (C=O) groups is 3. The van der Waals surface area contributed by atoms with Gasteiger partial charge in [0.2, 0.25) is 0 Å². The fraction of sp³-hybridized carbons (Fsp3) is 0.438. The van der Waals surface area contributed by atoms with Gasteiger partial charge in [-0.2, -0.15) is 0 Å². The van der Waals surface area contributed by atoms with Gasteiger partial charge in [0.15, 0.2) is 0 Å². The maximum Gasteiger partial charge on any atom is 0.417 e. The number of aliphatic carboxylic acids is 1. The number of hydrogen-bond donors (Lipinski definition) is 1. The molecule has 0 spiro atoms. The van der Waals surface area contributed by atoms with Crippen molar-refractivity contribution in [1.29, 1.82) is 0 Å². The number of halogens is 1. The van der Waals surface area contributed by atoms with Crippen LogP contribution in [0.5, 0.6) is 0 Å². The molecule has 0 aliphatic heterocycles. The summed E-state index contributed by atoms with van der Waals surface area (Å²) in [6.07, 6.45) is -0.628. The predicted molar refractivity (Wildman–Crippen MR) is 83.4 cm³/mol. The summed E-state index contributed by atoms with van der Waals surface area (Å²) >= 11 is 5.87. The second-order valence-corrected chi connectivity index (χ2v) is 6.85. The number of imide groups is 1. The van der Waals surface area contributed by atoms with E-state index in [2.05, 4.69) is 0 Å². The monoisotopic (exact) mass is 339 g/mol. The number of rotatable bonds is 3. The highest BCUT2D eigenvalue weighted by molar-refractivity contribution is 6.31. The fourth-order valence-electron chi connectivity index (χ4n) is 2.17. The molecule has 0 heterocycles. The molecule has 0 saturated heterocycles. The molecule has 6 nitrogen and oxygen atoms in total. The van der Waals surface area contributed by atoms with Crippen molar-refractivity contribution in [2.75, 3.05) is 0 Å². The average Bonchev–Trinajstić information content (AvgIpc) is 3.17. The van der Waals surface area contributed by atoms with Crippen molar-refractivity contribution in [3.8, 4) is 0 Å². The molecule has 2 amide bonds. The maximum absolute atomic E-state index is 12.6. The topological polar surface area (TPSA) is 83.9 Å². The number of amides is 2. The highest BCUT2D eigenvalue weighted by Crippen LogP contribution is 2.37. The minimum absolute atomic E-state index is 0.208. The molecule has 0 radical (unpaired) electrons. The number of nitrogens with zero attached hydrogens (tertiary/aromatic N) is 1. The molecule has 1 fully saturated rings. The molecule has 1 N–H and O–H groups in total. The van der Waals surface area contributed by atoms with Crippen molar-refractivity contribution < 1.29 is 24.2 Å². The van der Waals surface area contributed by atoms with Crippen LogP contribution in [-0.2, 0) is 9.53 Å². The maximum atomic E-state index is 12.6. The van der Waals surface area contributed by atoms with Crippen molar-refractivity contribution in [1.82, 2.24) is 4.90 Å². The molecule has 1 aliphatic carbocycles. The molecule has 2 unspecified atom stereocenters. The van der Waals surface area contributed by atoms with Gasteiger partial charge in [0.1, 0.15) is 5.60 Å². The molecule has 23 heavy (non-hydrogen) atoms. The molecule has 2 atom stereocenters. The molecule has 7 heteroatoms. The van der Waals surface area contributed by atoms with E-state index in [4.69, 9.17) is 21.4 Å². The van der Waals surface area contributed by atoms with Gasteiger partial charge in [-0.3, -0.25) is 9.59 Å². The van der Waals surface area contributed by atoms with Crippen LogP contribution in [0.25, 0.3) is 0 Å². The van der Waals surface area contributed by atoms with Gasteiger partial charge in [-0.25, -0.2) is 9.69 Å². The minimum atomic E-state index is -1.04. The first-order valence-electron chi connectivity index (χ1n) is 7.15. The van der Waals surface area contributed by atoms with Crippen LogP contribution in [-0.4, -0.2) is 39.6 Å². The van der Waals surface area contributed by atoms with E-state index in [-0.39, 0.29) is 12.0 Å². The van der Waals surface area contributed by atoms with Crippen LogP contribution in [0.1, 0.15) is 37.6 Å². The first kappa shape index (κ1) is 17.3. The zero-order valence-electron chi connectivity index (χ0n) is 13.1. The number of hydrogen-bond acceptors (Lipinski definition) is 4. The summed E-state index contributed by atoms with van der Waals surface area (Å²) < 4.78 is 5.24. The van der Waals surface area contributed by atoms with Gasteiger partial charge in [0, 0.05) is 10.6 Å². The van der Waals surface area contributed by atoms with E-state index in [0.717, 1.165) is 4.90 Å². The summed E-state index contributed by atoms with van der Waals surface area (Å²) in [6.45, 7) is 5.03. The summed E-state index contributed by atoms with van der Waals surface area (Å²) in [5, 5.41) is 9.42. The Morgan fingerprint density at radius 2 is 1.96 bits per heavy atom. The highest BCUT2D eigenvalue weighted by Gasteiger charge is 2.52. The molecule has 1 saturated carbocycles. The summed E-state index contributed by atoms with van der Waals surface area (Å²) in [6, 6.07) is 5.44. The molecule has 1 aromatic carbocycles. The summed E-state index contributed by atoms with van der Waals surface area (Å²) in [5.74, 6) is -2.41. The van der Waals surface area contributed by atoms with Crippen LogP contribution in [0.15, 0.2) is 24.3 Å². The Morgan fingerprint density at radius 3 is 2.43 bits per heavy atom. The number of ether oxygens (including phenoxy) is 1. The van der Waals surface area contributed by atoms with Gasteiger partial charge in [0.25, 0.3) is 5.91 Å². The van der Waals surface area contributed by atoms with Gasteiger partial charge in [-0.05, 0) is 45.4 Å². The lowest BCUT2D eigenvalue weighted by atomic mass is 10.2. The second kappa shape index (κ2) is 6.20. The number of carbonyl (C=O) groups excluding carboxylic acids is 2. The quantitative estimate of drug-likeness (QED) is 0.914. The third kappa shape index (κ3) is 4.22. The predicted octanol–water partition coefficient (Wildman–Crippen LogP) is 3.19. The van der Waals surface area contributed by atoms with Crippen LogP contribution in [0.2, 0.25) is 5.02 Å². The van der Waals surface area contributed by atoms with Crippen molar-refractivity contribution in [2.24, 2.45) is 5.92 Å². The lowest BCUT2D eigenvalue weighted by molar-refractivity contribution is -0.138. The summed E-state index contributed by atoms with van der Waals surface area (Å²) in [4.78, 5) is 37.0. The lowest BCUT2D eigenvalue weighted by Gasteiger charge is -2.26. The zero-order valence-corrected chi connectivity index (χ0v) is 13.8. The normalized spacial score (nSPS) is 19.8. The first-order chi connectivity index (χ1) is 10.6. The van der Waals surface area contributed by atoms with Gasteiger partial charge < -0.3 is 9.84 Å². The molecule has 0 aromatic heterocycles. The molecule has 0 bridgehead atoms. The second-order valence-electron chi connectivity index (χ2n) is 6.41. The van der Waals surface area contributed by atoms with Crippen molar-refractivity contribution in [3.05, 3.63) is 34.9 Å². The number of carboxylic acid groups (broad SMARTS) is 1. The van der Waals surface area contributed by atoms with Crippen LogP contribution >= 0.6 is 11.6 Å². The van der Waals surface area contributed by atoms with Crippen molar-refractivity contribution in [2.45, 2.75) is 38.8 Å². The third-order valence-corrected chi connectivity index (χ3v) is 3.52. The molecular formula is C16H18ClNO5. The molecular weight excluding hydrogens is 322 g/mol.